The van der Waals surface area contributed by atoms with Gasteiger partial charge in [0, 0.05) is 29.6 Å². The zero-order valence-electron chi connectivity index (χ0n) is 16.1. The third-order valence-corrected chi connectivity index (χ3v) is 3.99. The lowest BCUT2D eigenvalue weighted by Crippen LogP contribution is -2.01. The number of aromatic carboxylic acids is 1. The van der Waals surface area contributed by atoms with E-state index in [-0.39, 0.29) is 5.56 Å². The second kappa shape index (κ2) is 8.79. The fourth-order valence-electron chi connectivity index (χ4n) is 2.67. The van der Waals surface area contributed by atoms with Crippen molar-refractivity contribution in [3.63, 3.8) is 0 Å². The van der Waals surface area contributed by atoms with E-state index in [9.17, 15) is 4.79 Å². The number of methoxy groups -OCH3 is 3. The number of nitrogens with one attached hydrogen (secondary N) is 2. The number of carboxylic acids is 1. The van der Waals surface area contributed by atoms with E-state index in [2.05, 4.69) is 20.6 Å². The summed E-state index contributed by atoms with van der Waals surface area (Å²) < 4.78 is 16.0. The van der Waals surface area contributed by atoms with Crippen LogP contribution in [0.25, 0.3) is 0 Å². The average molecular weight is 396 g/mol. The Balaban J connectivity index is 1.83. The zero-order chi connectivity index (χ0) is 20.8. The van der Waals surface area contributed by atoms with E-state index >= 15 is 0 Å². The van der Waals surface area contributed by atoms with Crippen LogP contribution in [-0.2, 0) is 0 Å². The van der Waals surface area contributed by atoms with Gasteiger partial charge in [0.05, 0.1) is 26.9 Å². The molecule has 0 aliphatic rings. The highest BCUT2D eigenvalue weighted by Crippen LogP contribution is 2.40. The first-order valence-corrected chi connectivity index (χ1v) is 8.53. The van der Waals surface area contributed by atoms with Gasteiger partial charge in [0.1, 0.15) is 18.0 Å². The van der Waals surface area contributed by atoms with Gasteiger partial charge in [0.2, 0.25) is 5.75 Å². The van der Waals surface area contributed by atoms with Crippen LogP contribution in [0.5, 0.6) is 17.2 Å². The van der Waals surface area contributed by atoms with Crippen molar-refractivity contribution >= 4 is 29.0 Å². The number of ether oxygens (including phenoxy) is 3. The molecule has 3 aromatic rings. The highest BCUT2D eigenvalue weighted by Gasteiger charge is 2.13. The second-order valence-corrected chi connectivity index (χ2v) is 5.84. The smallest absolute Gasteiger partial charge is 0.335 e. The lowest BCUT2D eigenvalue weighted by molar-refractivity contribution is 0.0697. The number of nitrogens with zero attached hydrogens (tertiary/aromatic N) is 2. The standard InChI is InChI=1S/C20H20N4O5/c1-27-15-8-14(9-16(28-2)19(15)29-3)24-18-10-17(21-11-22-18)23-13-6-4-5-12(7-13)20(25)26/h4-11H,1-3H3,(H,25,26)(H2,21,22,23,24). The molecule has 150 valence electrons. The van der Waals surface area contributed by atoms with E-state index in [4.69, 9.17) is 19.3 Å². The Morgan fingerprint density at radius 1 is 0.862 bits per heavy atom. The summed E-state index contributed by atoms with van der Waals surface area (Å²) >= 11 is 0. The number of benzene rings is 2. The van der Waals surface area contributed by atoms with Gasteiger partial charge < -0.3 is 30.0 Å². The first-order valence-electron chi connectivity index (χ1n) is 8.53. The SMILES string of the molecule is COc1cc(Nc2cc(Nc3cccc(C(=O)O)c3)ncn2)cc(OC)c1OC. The lowest BCUT2D eigenvalue weighted by Gasteiger charge is -2.15. The quantitative estimate of drug-likeness (QED) is 0.524. The van der Waals surface area contributed by atoms with E-state index in [1.54, 1.807) is 44.6 Å². The topological polar surface area (TPSA) is 115 Å². The average Bonchev–Trinajstić information content (AvgIpc) is 2.73. The molecule has 0 spiro atoms. The molecular formula is C20H20N4O5. The van der Waals surface area contributed by atoms with E-state index in [1.165, 1.54) is 25.6 Å². The molecule has 9 nitrogen and oxygen atoms in total. The molecule has 3 N–H and O–H groups in total. The van der Waals surface area contributed by atoms with Crippen molar-refractivity contribution in [2.75, 3.05) is 32.0 Å². The molecule has 0 unspecified atom stereocenters. The van der Waals surface area contributed by atoms with Gasteiger partial charge in [-0.25, -0.2) is 14.8 Å². The largest absolute Gasteiger partial charge is 0.493 e. The Hall–Kier alpha value is -4.01. The highest BCUT2D eigenvalue weighted by atomic mass is 16.5. The molecular weight excluding hydrogens is 376 g/mol. The third kappa shape index (κ3) is 4.64. The highest BCUT2D eigenvalue weighted by molar-refractivity contribution is 5.89. The summed E-state index contributed by atoms with van der Waals surface area (Å²) in [5, 5.41) is 15.3. The first kappa shape index (κ1) is 19.7. The molecule has 0 radical (unpaired) electrons. The fourth-order valence-corrected chi connectivity index (χ4v) is 2.67. The summed E-state index contributed by atoms with van der Waals surface area (Å²) in [7, 11) is 4.62. The van der Waals surface area contributed by atoms with E-state index in [1.807, 2.05) is 0 Å². The Kier molecular flexibility index (Phi) is 5.98. The molecule has 0 amide bonds. The van der Waals surface area contributed by atoms with Crippen molar-refractivity contribution < 1.29 is 24.1 Å². The molecule has 0 fully saturated rings. The monoisotopic (exact) mass is 396 g/mol. The van der Waals surface area contributed by atoms with Crippen LogP contribution in [0.15, 0.2) is 48.8 Å². The van der Waals surface area contributed by atoms with Crippen molar-refractivity contribution in [3.05, 3.63) is 54.4 Å². The molecule has 0 aliphatic heterocycles. The molecule has 0 saturated heterocycles. The number of aromatic nitrogens is 2. The van der Waals surface area contributed by atoms with Gasteiger partial charge >= 0.3 is 5.97 Å². The van der Waals surface area contributed by atoms with Gasteiger partial charge in [0.15, 0.2) is 11.5 Å². The minimum Gasteiger partial charge on any atom is -0.493 e. The predicted molar refractivity (Wildman–Crippen MR) is 108 cm³/mol. The molecule has 3 rings (SSSR count). The Bertz CT molecular complexity index is 1000. The van der Waals surface area contributed by atoms with Crippen molar-refractivity contribution in [2.45, 2.75) is 0 Å². The van der Waals surface area contributed by atoms with Crippen LogP contribution >= 0.6 is 0 Å². The lowest BCUT2D eigenvalue weighted by atomic mass is 10.2. The van der Waals surface area contributed by atoms with Crippen LogP contribution in [0.2, 0.25) is 0 Å². The summed E-state index contributed by atoms with van der Waals surface area (Å²) in [6, 6.07) is 11.7. The van der Waals surface area contributed by atoms with E-state index in [0.717, 1.165) is 0 Å². The van der Waals surface area contributed by atoms with E-state index in [0.29, 0.717) is 40.3 Å². The number of rotatable bonds is 8. The van der Waals surface area contributed by atoms with Crippen LogP contribution in [-0.4, -0.2) is 42.4 Å². The maximum absolute atomic E-state index is 11.1. The molecule has 2 aromatic carbocycles. The summed E-state index contributed by atoms with van der Waals surface area (Å²) in [6.45, 7) is 0. The first-order chi connectivity index (χ1) is 14.0. The van der Waals surface area contributed by atoms with Gasteiger partial charge in [0.25, 0.3) is 0 Å². The summed E-state index contributed by atoms with van der Waals surface area (Å²) in [5.74, 6) is 1.52. The number of hydrogen-bond acceptors (Lipinski definition) is 8. The Morgan fingerprint density at radius 3 is 2.03 bits per heavy atom. The van der Waals surface area contributed by atoms with Crippen molar-refractivity contribution in [3.8, 4) is 17.2 Å². The van der Waals surface area contributed by atoms with Gasteiger partial charge in [-0.2, -0.15) is 0 Å². The van der Waals surface area contributed by atoms with Gasteiger partial charge in [-0.1, -0.05) is 6.07 Å². The van der Waals surface area contributed by atoms with Gasteiger partial charge in [-0.05, 0) is 18.2 Å². The van der Waals surface area contributed by atoms with Crippen LogP contribution in [0.3, 0.4) is 0 Å². The second-order valence-electron chi connectivity index (χ2n) is 5.84. The predicted octanol–water partition coefficient (Wildman–Crippen LogP) is 3.69. The summed E-state index contributed by atoms with van der Waals surface area (Å²) in [5.41, 5.74) is 1.46. The molecule has 9 heteroatoms. The summed E-state index contributed by atoms with van der Waals surface area (Å²) in [4.78, 5) is 19.5. The van der Waals surface area contributed by atoms with Crippen LogP contribution in [0.4, 0.5) is 23.0 Å². The number of anilines is 4. The Labute approximate surface area is 167 Å². The minimum atomic E-state index is -0.999. The molecule has 29 heavy (non-hydrogen) atoms. The van der Waals surface area contributed by atoms with E-state index < -0.39 is 5.97 Å². The number of carbonyl (C=O) groups is 1. The van der Waals surface area contributed by atoms with Crippen molar-refractivity contribution in [2.24, 2.45) is 0 Å². The van der Waals surface area contributed by atoms with Crippen LogP contribution in [0, 0.1) is 0 Å². The maximum Gasteiger partial charge on any atom is 0.335 e. The molecule has 1 aromatic heterocycles. The van der Waals surface area contributed by atoms with Crippen LogP contribution in [0.1, 0.15) is 10.4 Å². The normalized spacial score (nSPS) is 10.2. The molecule has 0 saturated carbocycles. The van der Waals surface area contributed by atoms with Gasteiger partial charge in [-0.3, -0.25) is 0 Å². The van der Waals surface area contributed by atoms with Gasteiger partial charge in [-0.15, -0.1) is 0 Å². The summed E-state index contributed by atoms with van der Waals surface area (Å²) in [6.07, 6.45) is 1.39. The molecule has 0 atom stereocenters. The van der Waals surface area contributed by atoms with Crippen LogP contribution < -0.4 is 24.8 Å². The number of carboxylic acid groups (broad SMARTS) is 1. The fraction of sp³-hybridized carbons (Fsp3) is 0.150. The molecule has 0 bridgehead atoms. The molecule has 1 heterocycles. The van der Waals surface area contributed by atoms with Crippen molar-refractivity contribution in [1.82, 2.24) is 9.97 Å². The minimum absolute atomic E-state index is 0.180. The third-order valence-electron chi connectivity index (χ3n) is 3.99. The molecule has 0 aliphatic carbocycles. The van der Waals surface area contributed by atoms with Crippen molar-refractivity contribution in [1.29, 1.82) is 0 Å². The zero-order valence-corrected chi connectivity index (χ0v) is 16.1. The maximum atomic E-state index is 11.1. The number of hydrogen-bond donors (Lipinski definition) is 3. The Morgan fingerprint density at radius 2 is 1.48 bits per heavy atom.